The zero-order valence-electron chi connectivity index (χ0n) is 19.3. The van der Waals surface area contributed by atoms with Crippen LogP contribution in [0.15, 0.2) is 48.5 Å². The maximum atomic E-state index is 12.5. The van der Waals surface area contributed by atoms with E-state index in [4.69, 9.17) is 15.1 Å². The summed E-state index contributed by atoms with van der Waals surface area (Å²) in [7, 11) is 0. The average Bonchev–Trinajstić information content (AvgIpc) is 2.83. The molecule has 32 heavy (non-hydrogen) atoms. The summed E-state index contributed by atoms with van der Waals surface area (Å²) in [6.45, 7) is 4.56. The van der Waals surface area contributed by atoms with Crippen LogP contribution in [0, 0.1) is 11.3 Å². The fraction of sp³-hybridized carbons (Fsp3) is 0.444. The van der Waals surface area contributed by atoms with Gasteiger partial charge in [0.05, 0.1) is 18.2 Å². The van der Waals surface area contributed by atoms with Crippen molar-refractivity contribution in [1.82, 2.24) is 0 Å². The van der Waals surface area contributed by atoms with E-state index in [1.165, 1.54) is 44.9 Å². The molecule has 0 fully saturated rings. The number of hydrogen-bond donors (Lipinski definition) is 1. The number of benzene rings is 2. The number of unbranched alkanes of at least 4 members (excludes halogenated alkanes) is 7. The number of ether oxygens (including phenoxy) is 1. The van der Waals surface area contributed by atoms with Crippen LogP contribution in [0.1, 0.15) is 93.1 Å². The van der Waals surface area contributed by atoms with Gasteiger partial charge in [-0.3, -0.25) is 9.59 Å². The van der Waals surface area contributed by atoms with Gasteiger partial charge in [0.15, 0.2) is 5.78 Å². The smallest absolute Gasteiger partial charge is 0.303 e. The van der Waals surface area contributed by atoms with Gasteiger partial charge in [-0.2, -0.15) is 5.26 Å². The van der Waals surface area contributed by atoms with Crippen LogP contribution in [0.4, 0.5) is 0 Å². The molecule has 0 bridgehead atoms. The molecule has 2 rings (SSSR count). The number of nitrogens with zero attached hydrogens (tertiary/aromatic N) is 1. The molecule has 0 amide bonds. The van der Waals surface area contributed by atoms with Crippen LogP contribution in [0.3, 0.4) is 0 Å². The number of carboxylic acids is 1. The Morgan fingerprint density at radius 3 is 2.03 bits per heavy atom. The van der Waals surface area contributed by atoms with Gasteiger partial charge in [-0.05, 0) is 42.8 Å². The van der Waals surface area contributed by atoms with Gasteiger partial charge in [0, 0.05) is 17.5 Å². The van der Waals surface area contributed by atoms with Crippen molar-refractivity contribution in [2.45, 2.75) is 71.6 Å². The van der Waals surface area contributed by atoms with Crippen LogP contribution in [-0.4, -0.2) is 23.5 Å². The Kier molecular flexibility index (Phi) is 13.9. The van der Waals surface area contributed by atoms with Crippen molar-refractivity contribution in [1.29, 1.82) is 5.26 Å². The van der Waals surface area contributed by atoms with Gasteiger partial charge in [-0.25, -0.2) is 0 Å². The van der Waals surface area contributed by atoms with E-state index in [2.05, 4.69) is 13.0 Å². The highest BCUT2D eigenvalue weighted by atomic mass is 16.5. The number of hydrogen-bond acceptors (Lipinski definition) is 4. The summed E-state index contributed by atoms with van der Waals surface area (Å²) >= 11 is 0. The second kappa shape index (κ2) is 16.5. The van der Waals surface area contributed by atoms with Gasteiger partial charge in [0.25, 0.3) is 0 Å². The molecule has 0 spiro atoms. The van der Waals surface area contributed by atoms with Gasteiger partial charge in [-0.15, -0.1) is 0 Å². The first-order valence-corrected chi connectivity index (χ1v) is 11.5. The summed E-state index contributed by atoms with van der Waals surface area (Å²) < 4.78 is 5.77. The first-order chi connectivity index (χ1) is 15.5. The van der Waals surface area contributed by atoms with Gasteiger partial charge >= 0.3 is 5.97 Å². The first kappa shape index (κ1) is 26.9. The molecular weight excluding hydrogens is 402 g/mol. The van der Waals surface area contributed by atoms with Crippen LogP contribution >= 0.6 is 0 Å². The largest absolute Gasteiger partial charge is 0.494 e. The molecule has 0 aliphatic heterocycles. The molecule has 5 heteroatoms. The minimum absolute atomic E-state index is 0.0817. The summed E-state index contributed by atoms with van der Waals surface area (Å²) in [4.78, 5) is 21.9. The third-order valence-corrected chi connectivity index (χ3v) is 4.94. The molecule has 2 aromatic carbocycles. The summed E-state index contributed by atoms with van der Waals surface area (Å²) in [5.74, 6) is -0.0352. The van der Waals surface area contributed by atoms with Gasteiger partial charge in [0.2, 0.25) is 0 Å². The highest BCUT2D eigenvalue weighted by Gasteiger charge is 2.09. The lowest BCUT2D eigenvalue weighted by atomic mass is 10.0. The van der Waals surface area contributed by atoms with Crippen molar-refractivity contribution in [3.05, 3.63) is 65.2 Å². The molecule has 1 N–H and O–H groups in total. The molecule has 0 saturated heterocycles. The Morgan fingerprint density at radius 1 is 0.875 bits per heavy atom. The molecule has 172 valence electrons. The van der Waals surface area contributed by atoms with Crippen molar-refractivity contribution in [2.75, 3.05) is 6.61 Å². The molecule has 0 unspecified atom stereocenters. The Hall–Kier alpha value is -3.13. The van der Waals surface area contributed by atoms with E-state index in [0.29, 0.717) is 23.3 Å². The Bertz CT molecular complexity index is 853. The molecular formula is C27H35NO4. The summed E-state index contributed by atoms with van der Waals surface area (Å²) in [5.41, 5.74) is 1.62. The maximum absolute atomic E-state index is 12.5. The van der Waals surface area contributed by atoms with E-state index in [-0.39, 0.29) is 12.2 Å². The van der Waals surface area contributed by atoms with Crippen LogP contribution in [0.2, 0.25) is 0 Å². The quantitative estimate of drug-likeness (QED) is 0.275. The predicted octanol–water partition coefficient (Wildman–Crippen LogP) is 6.79. The molecule has 0 aliphatic rings. The molecule has 0 saturated carbocycles. The number of carboxylic acid groups (broad SMARTS) is 1. The lowest BCUT2D eigenvalue weighted by Gasteiger charge is -2.07. The molecule has 0 radical (unpaired) electrons. The minimum Gasteiger partial charge on any atom is -0.494 e. The van der Waals surface area contributed by atoms with Crippen molar-refractivity contribution in [2.24, 2.45) is 0 Å². The fourth-order valence-corrected chi connectivity index (χ4v) is 3.03. The highest BCUT2D eigenvalue weighted by Crippen LogP contribution is 2.17. The summed E-state index contributed by atoms with van der Waals surface area (Å²) in [6.07, 6.45) is 10.5. The van der Waals surface area contributed by atoms with E-state index in [9.17, 15) is 9.59 Å². The Labute approximate surface area is 192 Å². The van der Waals surface area contributed by atoms with Crippen LogP contribution in [0.25, 0.3) is 0 Å². The van der Waals surface area contributed by atoms with Crippen molar-refractivity contribution in [3.8, 4) is 11.8 Å². The van der Waals surface area contributed by atoms with Crippen molar-refractivity contribution >= 4 is 11.8 Å². The normalized spacial score (nSPS) is 9.91. The zero-order chi connectivity index (χ0) is 23.6. The first-order valence-electron chi connectivity index (χ1n) is 11.5. The third-order valence-electron chi connectivity index (χ3n) is 4.94. The molecule has 2 aromatic rings. The monoisotopic (exact) mass is 437 g/mol. The minimum atomic E-state index is -0.745. The second-order valence-corrected chi connectivity index (χ2v) is 7.62. The summed E-state index contributed by atoms with van der Waals surface area (Å²) in [5, 5.41) is 16.7. The lowest BCUT2D eigenvalue weighted by Crippen LogP contribution is -2.02. The topological polar surface area (TPSA) is 87.4 Å². The number of rotatable bonds is 13. The molecule has 0 aliphatic carbocycles. The molecule has 0 aromatic heterocycles. The van der Waals surface area contributed by atoms with Gasteiger partial charge in [-0.1, -0.05) is 70.9 Å². The van der Waals surface area contributed by atoms with Crippen molar-refractivity contribution < 1.29 is 19.4 Å². The molecule has 0 heterocycles. The summed E-state index contributed by atoms with van der Waals surface area (Å²) in [6, 6.07) is 16.1. The van der Waals surface area contributed by atoms with Crippen molar-refractivity contribution in [3.63, 3.8) is 0 Å². The van der Waals surface area contributed by atoms with E-state index in [1.54, 1.807) is 43.3 Å². The number of carbonyl (C=O) groups is 2. The van der Waals surface area contributed by atoms with Gasteiger partial charge in [0.1, 0.15) is 5.75 Å². The number of carbonyl (C=O) groups excluding carboxylic acids is 1. The second-order valence-electron chi connectivity index (χ2n) is 7.62. The van der Waals surface area contributed by atoms with Gasteiger partial charge < -0.3 is 9.84 Å². The maximum Gasteiger partial charge on any atom is 0.303 e. The Morgan fingerprint density at radius 2 is 1.47 bits per heavy atom. The van der Waals surface area contributed by atoms with Crippen LogP contribution < -0.4 is 4.74 Å². The standard InChI is InChI=1S/C24H29NO2.C3H6O2/c1-2-3-4-5-6-7-8-9-17-27-23-15-13-21(14-16-23)24(26)22-12-10-11-20(18-22)19-25;1-2-3(4)5/h10-16,18H,2-9,17H2,1H3;2H2,1H3,(H,4,5). The van der Waals surface area contributed by atoms with Crippen LogP contribution in [-0.2, 0) is 4.79 Å². The van der Waals surface area contributed by atoms with E-state index in [0.717, 1.165) is 12.2 Å². The van der Waals surface area contributed by atoms with Crippen LogP contribution in [0.5, 0.6) is 5.75 Å². The number of nitriles is 1. The zero-order valence-corrected chi connectivity index (χ0v) is 19.3. The molecule has 5 nitrogen and oxygen atoms in total. The highest BCUT2D eigenvalue weighted by molar-refractivity contribution is 6.09. The molecule has 0 atom stereocenters. The number of ketones is 1. The van der Waals surface area contributed by atoms with E-state index >= 15 is 0 Å². The van der Waals surface area contributed by atoms with E-state index < -0.39 is 5.97 Å². The Balaban J connectivity index is 0.000000920. The third kappa shape index (κ3) is 11.3. The predicted molar refractivity (Wildman–Crippen MR) is 127 cm³/mol. The average molecular weight is 438 g/mol. The lowest BCUT2D eigenvalue weighted by molar-refractivity contribution is -0.136. The fourth-order valence-electron chi connectivity index (χ4n) is 3.03. The number of aliphatic carboxylic acids is 1. The SMILES string of the molecule is CCC(=O)O.CCCCCCCCCCOc1ccc(C(=O)c2cccc(C#N)c2)cc1. The van der Waals surface area contributed by atoms with E-state index in [1.807, 2.05) is 12.1 Å².